The molecule has 0 fully saturated rings. The monoisotopic (exact) mass is 342 g/mol. The third kappa shape index (κ3) is 5.38. The number of quaternary nitrogens is 1. The molecule has 23 heavy (non-hydrogen) atoms. The third-order valence-electron chi connectivity index (χ3n) is 4.85. The standard InChI is InChI=1S/C17H32NO4Si/c1-15(17(19)16-11-8-7-9-12-16)18(2,3)13-10-14-23(20-4,21-5)22-6/h7-9,11-12,15,17,19H,10,13-14H2,1-6H3/q+1/t15-,17-/m0/s1. The molecule has 132 valence electrons. The number of benzene rings is 1. The quantitative estimate of drug-likeness (QED) is 0.524. The second-order valence-electron chi connectivity index (χ2n) is 6.50. The summed E-state index contributed by atoms with van der Waals surface area (Å²) >= 11 is 0. The number of likely N-dealkylation sites (N-methyl/N-ethyl adjacent to an activating group) is 1. The summed E-state index contributed by atoms with van der Waals surface area (Å²) in [6.07, 6.45) is 0.432. The summed E-state index contributed by atoms with van der Waals surface area (Å²) in [6, 6.07) is 10.7. The van der Waals surface area contributed by atoms with Crippen LogP contribution in [0.2, 0.25) is 6.04 Å². The molecule has 0 aliphatic heterocycles. The molecule has 0 saturated heterocycles. The molecule has 0 aromatic heterocycles. The predicted molar refractivity (Wildman–Crippen MR) is 94.0 cm³/mol. The molecule has 1 aromatic carbocycles. The first-order valence-electron chi connectivity index (χ1n) is 8.03. The highest BCUT2D eigenvalue weighted by molar-refractivity contribution is 6.60. The van der Waals surface area contributed by atoms with Crippen molar-refractivity contribution in [3.05, 3.63) is 35.9 Å². The second kappa shape index (κ2) is 8.91. The lowest BCUT2D eigenvalue weighted by Crippen LogP contribution is -2.51. The molecule has 0 aliphatic rings. The fourth-order valence-corrected chi connectivity index (χ4v) is 4.48. The molecule has 1 N–H and O–H groups in total. The van der Waals surface area contributed by atoms with Gasteiger partial charge in [-0.05, 0) is 12.5 Å². The van der Waals surface area contributed by atoms with Gasteiger partial charge in [0.05, 0.1) is 20.6 Å². The maximum atomic E-state index is 10.6. The van der Waals surface area contributed by atoms with Crippen molar-refractivity contribution < 1.29 is 22.9 Å². The van der Waals surface area contributed by atoms with E-state index in [-0.39, 0.29) is 6.04 Å². The lowest BCUT2D eigenvalue weighted by atomic mass is 10.0. The molecule has 0 aliphatic carbocycles. The molecular weight excluding hydrogens is 310 g/mol. The zero-order valence-corrected chi connectivity index (χ0v) is 16.3. The van der Waals surface area contributed by atoms with E-state index in [0.717, 1.165) is 29.1 Å². The number of hydrogen-bond donors (Lipinski definition) is 1. The van der Waals surface area contributed by atoms with Crippen molar-refractivity contribution in [2.24, 2.45) is 0 Å². The Morgan fingerprint density at radius 1 is 1.04 bits per heavy atom. The third-order valence-corrected chi connectivity index (χ3v) is 7.68. The summed E-state index contributed by atoms with van der Waals surface area (Å²) in [5, 5.41) is 10.6. The van der Waals surface area contributed by atoms with Gasteiger partial charge < -0.3 is 22.9 Å². The first kappa shape index (κ1) is 20.3. The van der Waals surface area contributed by atoms with E-state index in [1.807, 2.05) is 30.3 Å². The van der Waals surface area contributed by atoms with Crippen LogP contribution in [-0.4, -0.2) is 66.4 Å². The number of aliphatic hydroxyl groups excluding tert-OH is 1. The van der Waals surface area contributed by atoms with Crippen LogP contribution in [-0.2, 0) is 13.3 Å². The van der Waals surface area contributed by atoms with Crippen molar-refractivity contribution in [1.29, 1.82) is 0 Å². The SMILES string of the molecule is CO[Si](CCC[N+](C)(C)[C@@H](C)[C@H](O)c1ccccc1)(OC)OC. The van der Waals surface area contributed by atoms with Crippen LogP contribution < -0.4 is 0 Å². The Morgan fingerprint density at radius 2 is 1.57 bits per heavy atom. The van der Waals surface area contributed by atoms with Gasteiger partial charge in [-0.2, -0.15) is 0 Å². The zero-order valence-electron chi connectivity index (χ0n) is 15.3. The number of aliphatic hydroxyl groups is 1. The average Bonchev–Trinajstić information content (AvgIpc) is 2.58. The van der Waals surface area contributed by atoms with Crippen LogP contribution in [0.5, 0.6) is 0 Å². The van der Waals surface area contributed by atoms with Crippen molar-refractivity contribution in [2.75, 3.05) is 42.0 Å². The summed E-state index contributed by atoms with van der Waals surface area (Å²) in [7, 11) is 6.69. The van der Waals surface area contributed by atoms with Gasteiger partial charge in [-0.1, -0.05) is 30.3 Å². The normalized spacial score (nSPS) is 15.4. The summed E-state index contributed by atoms with van der Waals surface area (Å²) in [4.78, 5) is 0. The molecule has 1 rings (SSSR count). The molecule has 5 nitrogen and oxygen atoms in total. The first-order valence-corrected chi connectivity index (χ1v) is 9.96. The van der Waals surface area contributed by atoms with E-state index in [9.17, 15) is 5.11 Å². The van der Waals surface area contributed by atoms with Crippen LogP contribution >= 0.6 is 0 Å². The second-order valence-corrected chi connectivity index (χ2v) is 9.59. The van der Waals surface area contributed by atoms with Gasteiger partial charge in [0.2, 0.25) is 0 Å². The fraction of sp³-hybridized carbons (Fsp3) is 0.647. The lowest BCUT2D eigenvalue weighted by Gasteiger charge is -2.39. The van der Waals surface area contributed by atoms with Gasteiger partial charge in [-0.15, -0.1) is 0 Å². The minimum absolute atomic E-state index is 0.0844. The first-order chi connectivity index (χ1) is 10.8. The van der Waals surface area contributed by atoms with Crippen LogP contribution in [0, 0.1) is 0 Å². The maximum absolute atomic E-state index is 10.6. The molecule has 0 saturated carbocycles. The highest BCUT2D eigenvalue weighted by atomic mass is 28.4. The molecule has 6 heteroatoms. The van der Waals surface area contributed by atoms with Crippen LogP contribution in [0.3, 0.4) is 0 Å². The van der Waals surface area contributed by atoms with Crippen LogP contribution in [0.25, 0.3) is 0 Å². The molecule has 0 heterocycles. The van der Waals surface area contributed by atoms with Gasteiger partial charge in [0.1, 0.15) is 12.1 Å². The topological polar surface area (TPSA) is 47.9 Å². The van der Waals surface area contributed by atoms with Crippen LogP contribution in [0.4, 0.5) is 0 Å². The van der Waals surface area contributed by atoms with E-state index >= 15 is 0 Å². The molecule has 0 spiro atoms. The lowest BCUT2D eigenvalue weighted by molar-refractivity contribution is -0.917. The van der Waals surface area contributed by atoms with Gasteiger partial charge in [-0.25, -0.2) is 0 Å². The summed E-state index contributed by atoms with van der Waals surface area (Å²) in [5.74, 6) is 0. The van der Waals surface area contributed by atoms with Gasteiger partial charge in [0.15, 0.2) is 0 Å². The summed E-state index contributed by atoms with van der Waals surface area (Å²) in [5.41, 5.74) is 0.959. The van der Waals surface area contributed by atoms with Crippen molar-refractivity contribution in [3.8, 4) is 0 Å². The molecule has 1 aromatic rings. The molecule has 0 unspecified atom stereocenters. The van der Waals surface area contributed by atoms with E-state index in [1.54, 1.807) is 21.3 Å². The van der Waals surface area contributed by atoms with E-state index in [2.05, 4.69) is 21.0 Å². The number of nitrogens with zero attached hydrogens (tertiary/aromatic N) is 1. The Hall–Kier alpha value is -0.763. The molecule has 0 bridgehead atoms. The van der Waals surface area contributed by atoms with Crippen LogP contribution in [0.1, 0.15) is 25.0 Å². The Kier molecular flexibility index (Phi) is 7.86. The highest BCUT2D eigenvalue weighted by Gasteiger charge is 2.39. The van der Waals surface area contributed by atoms with E-state index in [4.69, 9.17) is 13.3 Å². The largest absolute Gasteiger partial charge is 0.500 e. The van der Waals surface area contributed by atoms with E-state index in [1.165, 1.54) is 0 Å². The molecule has 2 atom stereocenters. The summed E-state index contributed by atoms with van der Waals surface area (Å²) < 4.78 is 17.1. The summed E-state index contributed by atoms with van der Waals surface area (Å²) in [6.45, 7) is 3.00. The van der Waals surface area contributed by atoms with Crippen molar-refractivity contribution in [1.82, 2.24) is 0 Å². The van der Waals surface area contributed by atoms with Crippen molar-refractivity contribution in [3.63, 3.8) is 0 Å². The van der Waals surface area contributed by atoms with Crippen molar-refractivity contribution >= 4 is 8.80 Å². The van der Waals surface area contributed by atoms with E-state index < -0.39 is 14.9 Å². The average molecular weight is 343 g/mol. The molecule has 0 amide bonds. The highest BCUT2D eigenvalue weighted by Crippen LogP contribution is 2.25. The smallest absolute Gasteiger partial charge is 0.382 e. The molecular formula is C17H32NO4Si+. The van der Waals surface area contributed by atoms with Gasteiger partial charge in [-0.3, -0.25) is 0 Å². The Morgan fingerprint density at radius 3 is 2.04 bits per heavy atom. The number of hydrogen-bond acceptors (Lipinski definition) is 4. The molecule has 0 radical (unpaired) electrons. The van der Waals surface area contributed by atoms with Crippen molar-refractivity contribution in [2.45, 2.75) is 31.5 Å². The predicted octanol–water partition coefficient (Wildman–Crippen LogP) is 2.45. The van der Waals surface area contributed by atoms with Gasteiger partial charge >= 0.3 is 8.80 Å². The van der Waals surface area contributed by atoms with Crippen LogP contribution in [0.15, 0.2) is 30.3 Å². The van der Waals surface area contributed by atoms with Gasteiger partial charge in [0.25, 0.3) is 0 Å². The Labute approximate surface area is 141 Å². The fourth-order valence-electron chi connectivity index (χ4n) is 2.77. The minimum Gasteiger partial charge on any atom is -0.382 e. The number of rotatable bonds is 10. The van der Waals surface area contributed by atoms with E-state index in [0.29, 0.717) is 0 Å². The zero-order chi connectivity index (χ0) is 17.5. The van der Waals surface area contributed by atoms with Gasteiger partial charge in [0, 0.05) is 33.8 Å². The Balaban J connectivity index is 2.64. The maximum Gasteiger partial charge on any atom is 0.500 e. The Bertz CT molecular complexity index is 443. The minimum atomic E-state index is -2.52.